The molecule has 1 aromatic rings. The summed E-state index contributed by atoms with van der Waals surface area (Å²) in [5.41, 5.74) is 2.13. The molecule has 1 atom stereocenters. The molecule has 1 aliphatic rings. The van der Waals surface area contributed by atoms with Crippen LogP contribution in [0.4, 0.5) is 5.69 Å². The second kappa shape index (κ2) is 2.30. The zero-order chi connectivity index (χ0) is 9.59. The number of fused-ring (bicyclic) bond motifs is 1. The Balaban J connectivity index is 2.66. The molecule has 0 spiro atoms. The second-order valence-electron chi connectivity index (χ2n) is 2.89. The van der Waals surface area contributed by atoms with Crippen molar-refractivity contribution in [1.82, 2.24) is 4.98 Å². The number of nitrogens with zero attached hydrogens (tertiary/aromatic N) is 2. The number of hydrogen-bond acceptors (Lipinski definition) is 3. The maximum atomic E-state index is 11.6. The first-order valence-electron chi connectivity index (χ1n) is 4.35. The molecule has 2 rings (SSSR count). The fourth-order valence-electron chi connectivity index (χ4n) is 1.46. The first-order chi connectivity index (χ1) is 6.13. The molecule has 12 heavy (non-hydrogen) atoms. The van der Waals surface area contributed by atoms with Crippen LogP contribution in [0.25, 0.3) is 0 Å². The molecule has 0 aromatic carbocycles. The second-order valence-corrected chi connectivity index (χ2v) is 2.89. The maximum absolute atomic E-state index is 11.6. The summed E-state index contributed by atoms with van der Waals surface area (Å²) in [6, 6.07) is 1.77. The number of ketones is 1. The molecule has 0 bridgehead atoms. The van der Waals surface area contributed by atoms with Gasteiger partial charge < -0.3 is 4.90 Å². The van der Waals surface area contributed by atoms with Gasteiger partial charge in [0.2, 0.25) is 0 Å². The number of hydrogen-bond donors (Lipinski definition) is 0. The molecule has 1 unspecified atom stereocenters. The highest BCUT2D eigenvalue weighted by atomic mass is 16.1. The monoisotopic (exact) mass is 164 g/mol. The fraction of sp³-hybridized carbons (Fsp3) is 0.333. The van der Waals surface area contributed by atoms with Gasteiger partial charge in [-0.25, -0.2) is 0 Å². The number of aromatic nitrogens is 1. The van der Waals surface area contributed by atoms with Crippen LogP contribution in [-0.4, -0.2) is 24.3 Å². The Labute approximate surface area is 72.4 Å². The number of carbonyl (C=O) groups is 1. The predicted molar refractivity (Wildman–Crippen MR) is 46.6 cm³/mol. The molecule has 3 heteroatoms. The van der Waals surface area contributed by atoms with Crippen LogP contribution in [0.2, 0.25) is 0 Å². The quantitative estimate of drug-likeness (QED) is 0.574. The molecule has 0 amide bonds. The van der Waals surface area contributed by atoms with E-state index in [1.165, 1.54) is 0 Å². The molecule has 2 heterocycles. The van der Waals surface area contributed by atoms with Crippen LogP contribution in [0.15, 0.2) is 12.3 Å². The molecule has 0 N–H and O–H groups in total. The zero-order valence-corrected chi connectivity index (χ0v) is 7.03. The molecule has 0 radical (unpaired) electrons. The van der Waals surface area contributed by atoms with Crippen LogP contribution in [0.3, 0.4) is 0 Å². The van der Waals surface area contributed by atoms with Gasteiger partial charge in [-0.15, -0.1) is 0 Å². The van der Waals surface area contributed by atoms with Crippen molar-refractivity contribution in [2.24, 2.45) is 0 Å². The highest BCUT2D eigenvalue weighted by Gasteiger charge is 2.25. The molecule has 62 valence electrons. The third-order valence-electron chi connectivity index (χ3n) is 2.06. The molecule has 0 saturated carbocycles. The number of carbonyl (C=O) groups excluding carboxylic acids is 1. The average Bonchev–Trinajstić information content (AvgIpc) is 2.33. The minimum Gasteiger partial charge on any atom is -0.366 e. The Morgan fingerprint density at radius 2 is 2.50 bits per heavy atom. The Bertz CT molecular complexity index is 378. The van der Waals surface area contributed by atoms with Crippen LogP contribution < -0.4 is 4.90 Å². The lowest BCUT2D eigenvalue weighted by molar-refractivity contribution is 0.101. The topological polar surface area (TPSA) is 33.2 Å². The van der Waals surface area contributed by atoms with Gasteiger partial charge in [0.1, 0.15) is 0 Å². The van der Waals surface area contributed by atoms with Crippen molar-refractivity contribution in [3.8, 4) is 0 Å². The van der Waals surface area contributed by atoms with Crippen LogP contribution >= 0.6 is 0 Å². The van der Waals surface area contributed by atoms with E-state index < -0.39 is 6.52 Å². The summed E-state index contributed by atoms with van der Waals surface area (Å²) < 4.78 is 7.58. The summed E-state index contributed by atoms with van der Waals surface area (Å²) in [6.07, 6.45) is 1.66. The van der Waals surface area contributed by atoms with Crippen molar-refractivity contribution >= 4 is 11.5 Å². The molecule has 0 saturated heterocycles. The number of anilines is 1. The van der Waals surface area contributed by atoms with Crippen molar-refractivity contribution in [2.45, 2.75) is 6.92 Å². The van der Waals surface area contributed by atoms with E-state index >= 15 is 0 Å². The van der Waals surface area contributed by atoms with Gasteiger partial charge in [-0.2, -0.15) is 0 Å². The van der Waals surface area contributed by atoms with Gasteiger partial charge in [0.15, 0.2) is 5.78 Å². The van der Waals surface area contributed by atoms with Gasteiger partial charge in [0, 0.05) is 13.2 Å². The first-order valence-corrected chi connectivity index (χ1v) is 3.78. The van der Waals surface area contributed by atoms with Crippen molar-refractivity contribution in [1.29, 1.82) is 0 Å². The van der Waals surface area contributed by atoms with E-state index in [0.29, 0.717) is 11.3 Å². The van der Waals surface area contributed by atoms with E-state index in [4.69, 9.17) is 1.37 Å². The lowest BCUT2D eigenvalue weighted by Crippen LogP contribution is -2.15. The average molecular weight is 164 g/mol. The molecule has 1 aromatic heterocycles. The summed E-state index contributed by atoms with van der Waals surface area (Å²) in [5.74, 6) is -0.150. The number of likely N-dealkylation sites (N-methyl/N-ethyl adjacent to an activating group) is 1. The van der Waals surface area contributed by atoms with Crippen molar-refractivity contribution < 1.29 is 6.17 Å². The Morgan fingerprint density at radius 3 is 3.17 bits per heavy atom. The number of aryl methyl sites for hydroxylation is 1. The zero-order valence-electron chi connectivity index (χ0n) is 8.03. The van der Waals surface area contributed by atoms with Gasteiger partial charge in [-0.05, 0) is 13.0 Å². The Morgan fingerprint density at radius 1 is 1.75 bits per heavy atom. The Kier molecular flexibility index (Phi) is 1.18. The van der Waals surface area contributed by atoms with Gasteiger partial charge in [0.25, 0.3) is 0 Å². The van der Waals surface area contributed by atoms with Crippen LogP contribution in [-0.2, 0) is 0 Å². The van der Waals surface area contributed by atoms with Crippen molar-refractivity contribution in [3.63, 3.8) is 0 Å². The van der Waals surface area contributed by atoms with Crippen LogP contribution in [0.1, 0.15) is 17.4 Å². The summed E-state index contributed by atoms with van der Waals surface area (Å²) in [7, 11) is 1.75. The minimum absolute atomic E-state index is 0.150. The first kappa shape index (κ1) is 6.17. The van der Waals surface area contributed by atoms with Gasteiger partial charge in [-0.3, -0.25) is 9.78 Å². The van der Waals surface area contributed by atoms with E-state index in [2.05, 4.69) is 4.98 Å². The van der Waals surface area contributed by atoms with Gasteiger partial charge >= 0.3 is 0 Å². The highest BCUT2D eigenvalue weighted by Crippen LogP contribution is 2.27. The molecule has 3 nitrogen and oxygen atoms in total. The van der Waals surface area contributed by atoms with Crippen molar-refractivity contribution in [2.75, 3.05) is 18.5 Å². The van der Waals surface area contributed by atoms with E-state index in [1.54, 1.807) is 31.1 Å². The standard InChI is InChI=1S/C9H10N2O/c1-6-9-7(3-4-10-6)11(2)5-8(9)12/h3-4H,5H2,1-2H3/i5T. The lowest BCUT2D eigenvalue weighted by atomic mass is 10.1. The molecular formula is C9H10N2O. The summed E-state index contributed by atoms with van der Waals surface area (Å²) in [5, 5.41) is 0. The van der Waals surface area contributed by atoms with Gasteiger partial charge in [0.05, 0.1) is 24.8 Å². The molecule has 0 aliphatic carbocycles. The Hall–Kier alpha value is -1.38. The van der Waals surface area contributed by atoms with Crippen LogP contribution in [0.5, 0.6) is 0 Å². The summed E-state index contributed by atoms with van der Waals surface area (Å²) in [6.45, 7) is 1.00. The van der Waals surface area contributed by atoms with Gasteiger partial charge in [-0.1, -0.05) is 0 Å². The van der Waals surface area contributed by atoms with E-state index in [1.807, 2.05) is 0 Å². The fourth-order valence-corrected chi connectivity index (χ4v) is 1.46. The number of pyridine rings is 1. The molecule has 1 aliphatic heterocycles. The normalized spacial score (nSPS) is 22.5. The van der Waals surface area contributed by atoms with E-state index in [0.717, 1.165) is 5.69 Å². The maximum Gasteiger partial charge on any atom is 0.185 e. The van der Waals surface area contributed by atoms with Crippen molar-refractivity contribution in [3.05, 3.63) is 23.5 Å². The highest BCUT2D eigenvalue weighted by molar-refractivity contribution is 6.09. The smallest absolute Gasteiger partial charge is 0.185 e. The summed E-state index contributed by atoms with van der Waals surface area (Å²) in [4.78, 5) is 17.3. The van der Waals surface area contributed by atoms with Crippen LogP contribution in [0, 0.1) is 6.92 Å². The SMILES string of the molecule is [3H]C1C(=O)c2c(ccnc2C)N1C. The number of Topliss-reactive ketones (excluding diaryl/α,β-unsaturated/α-hetero) is 1. The summed E-state index contributed by atoms with van der Waals surface area (Å²) >= 11 is 0. The van der Waals surface area contributed by atoms with E-state index in [-0.39, 0.29) is 5.78 Å². The third kappa shape index (κ3) is 0.826. The van der Waals surface area contributed by atoms with E-state index in [9.17, 15) is 4.79 Å². The largest absolute Gasteiger partial charge is 0.366 e. The predicted octanol–water partition coefficient (Wildman–Crippen LogP) is 1.02. The minimum atomic E-state index is -0.794. The molecular weight excluding hydrogens is 152 g/mol. The number of rotatable bonds is 0. The lowest BCUT2D eigenvalue weighted by Gasteiger charge is -2.09. The molecule has 0 fully saturated rings. The third-order valence-corrected chi connectivity index (χ3v) is 2.06.